The Morgan fingerprint density at radius 1 is 0.500 bits per heavy atom. The van der Waals surface area contributed by atoms with Gasteiger partial charge >= 0.3 is 0 Å². The van der Waals surface area contributed by atoms with Gasteiger partial charge in [-0.25, -0.2) is 9.97 Å². The van der Waals surface area contributed by atoms with Crippen LogP contribution in [-0.2, 0) is 0 Å². The molecule has 0 bridgehead atoms. The first-order chi connectivity index (χ1) is 15.7. The van der Waals surface area contributed by atoms with Crippen LogP contribution in [0.5, 0.6) is 0 Å². The molecule has 6 nitrogen and oxygen atoms in total. The van der Waals surface area contributed by atoms with Gasteiger partial charge in [-0.05, 0) is 48.5 Å². The number of benzene rings is 2. The molecule has 1 aliphatic heterocycles. The molecule has 2 aromatic carbocycles. The molecule has 0 unspecified atom stereocenters. The van der Waals surface area contributed by atoms with Crippen molar-refractivity contribution in [3.05, 3.63) is 121 Å². The number of rotatable bonds is 4. The van der Waals surface area contributed by atoms with Crippen LogP contribution in [-0.4, -0.2) is 9.97 Å². The maximum atomic E-state index is 5.94. The van der Waals surface area contributed by atoms with Gasteiger partial charge in [-0.15, -0.1) is 0 Å². The van der Waals surface area contributed by atoms with Crippen molar-refractivity contribution in [2.24, 2.45) is 0 Å². The van der Waals surface area contributed by atoms with E-state index in [4.69, 9.17) is 11.5 Å². The first kappa shape index (κ1) is 19.4. The normalized spacial score (nSPS) is 13.5. The first-order valence-electron chi connectivity index (χ1n) is 10.2. The highest BCUT2D eigenvalue weighted by atomic mass is 15.3. The number of hydrogen-bond donors (Lipinski definition) is 2. The topological polar surface area (TPSA) is 84.3 Å². The Hall–Kier alpha value is -4.58. The molecule has 0 spiro atoms. The number of aromatic nitrogens is 2. The number of anilines is 4. The number of pyridine rings is 2. The molecule has 0 radical (unpaired) electrons. The Morgan fingerprint density at radius 3 is 1.25 bits per heavy atom. The van der Waals surface area contributed by atoms with Gasteiger partial charge in [-0.3, -0.25) is 9.80 Å². The zero-order valence-electron chi connectivity index (χ0n) is 17.3. The fourth-order valence-electron chi connectivity index (χ4n) is 3.61. The molecular formula is C26H22N6. The Kier molecular flexibility index (Phi) is 5.01. The van der Waals surface area contributed by atoms with E-state index in [1.165, 1.54) is 0 Å². The second kappa shape index (κ2) is 8.28. The number of hydrogen-bond acceptors (Lipinski definition) is 6. The van der Waals surface area contributed by atoms with Crippen LogP contribution in [0.15, 0.2) is 110 Å². The summed E-state index contributed by atoms with van der Waals surface area (Å²) in [7, 11) is 0. The zero-order valence-corrected chi connectivity index (χ0v) is 17.3. The maximum absolute atomic E-state index is 5.94. The average Bonchev–Trinajstić information content (AvgIpc) is 2.85. The Balaban J connectivity index is 1.71. The van der Waals surface area contributed by atoms with Gasteiger partial charge in [-0.1, -0.05) is 36.4 Å². The van der Waals surface area contributed by atoms with Crippen molar-refractivity contribution in [2.75, 3.05) is 21.3 Å². The van der Waals surface area contributed by atoms with Crippen molar-refractivity contribution in [3.63, 3.8) is 0 Å². The number of nitrogens with zero attached hydrogens (tertiary/aromatic N) is 4. The van der Waals surface area contributed by atoms with Crippen LogP contribution >= 0.6 is 0 Å². The van der Waals surface area contributed by atoms with E-state index in [0.717, 1.165) is 34.2 Å². The van der Waals surface area contributed by atoms with Gasteiger partial charge in [0.05, 0.1) is 11.4 Å². The lowest BCUT2D eigenvalue weighted by Crippen LogP contribution is -2.28. The minimum absolute atomic E-state index is 0.717. The van der Waals surface area contributed by atoms with E-state index in [1.807, 2.05) is 84.9 Å². The highest BCUT2D eigenvalue weighted by Gasteiger charge is 2.25. The van der Waals surface area contributed by atoms with Crippen LogP contribution in [0.25, 0.3) is 11.4 Å². The summed E-state index contributed by atoms with van der Waals surface area (Å²) in [6.07, 6.45) is 7.73. The summed E-state index contributed by atoms with van der Waals surface area (Å²) in [5.74, 6) is 1.62. The molecule has 5 rings (SSSR count). The van der Waals surface area contributed by atoms with Crippen molar-refractivity contribution in [2.45, 2.75) is 0 Å². The third kappa shape index (κ3) is 3.77. The summed E-state index contributed by atoms with van der Waals surface area (Å²) in [4.78, 5) is 13.4. The molecule has 32 heavy (non-hydrogen) atoms. The summed E-state index contributed by atoms with van der Waals surface area (Å²) in [6, 6.07) is 27.4. The quantitative estimate of drug-likeness (QED) is 0.456. The van der Waals surface area contributed by atoms with Gasteiger partial charge < -0.3 is 11.5 Å². The van der Waals surface area contributed by atoms with Crippen LogP contribution in [0.4, 0.5) is 23.0 Å². The molecule has 0 atom stereocenters. The summed E-state index contributed by atoms with van der Waals surface area (Å²) < 4.78 is 0. The van der Waals surface area contributed by atoms with E-state index in [9.17, 15) is 0 Å². The van der Waals surface area contributed by atoms with Gasteiger partial charge in [0.25, 0.3) is 0 Å². The highest BCUT2D eigenvalue weighted by Crippen LogP contribution is 2.37. The van der Waals surface area contributed by atoms with E-state index in [0.29, 0.717) is 11.4 Å². The van der Waals surface area contributed by atoms with Crippen molar-refractivity contribution in [1.29, 1.82) is 0 Å². The highest BCUT2D eigenvalue weighted by molar-refractivity contribution is 5.94. The lowest BCUT2D eigenvalue weighted by Gasteiger charge is -2.34. The predicted octanol–water partition coefficient (Wildman–Crippen LogP) is 4.96. The van der Waals surface area contributed by atoms with E-state index < -0.39 is 0 Å². The van der Waals surface area contributed by atoms with Gasteiger partial charge in [-0.2, -0.15) is 0 Å². The molecule has 2 aromatic heterocycles. The first-order valence-corrected chi connectivity index (χ1v) is 10.2. The summed E-state index contributed by atoms with van der Waals surface area (Å²) in [5.41, 5.74) is 17.2. The van der Waals surface area contributed by atoms with Crippen molar-refractivity contribution < 1.29 is 0 Å². The third-order valence-corrected chi connectivity index (χ3v) is 5.23. The third-order valence-electron chi connectivity index (χ3n) is 5.23. The van der Waals surface area contributed by atoms with Gasteiger partial charge in [0.2, 0.25) is 0 Å². The second-order valence-electron chi connectivity index (χ2n) is 7.39. The molecule has 156 valence electrons. The maximum Gasteiger partial charge on any atom is 0.137 e. The SMILES string of the molecule is Nc1ccc(C2=CN(c3ccccn3)C(c3ccc(N)cc3)=CN2c2ccccn2)cc1. The summed E-state index contributed by atoms with van der Waals surface area (Å²) >= 11 is 0. The van der Waals surface area contributed by atoms with E-state index in [-0.39, 0.29) is 0 Å². The smallest absolute Gasteiger partial charge is 0.137 e. The predicted molar refractivity (Wildman–Crippen MR) is 131 cm³/mol. The standard InChI is InChI=1S/C26H22N6/c27-21-11-7-19(8-12-21)23-18-32(26-6-2-4-16-30-26)24(20-9-13-22(28)14-10-20)17-31(23)25-5-1-3-15-29-25/h1-18H,27-28H2. The Labute approximate surface area is 186 Å². The minimum Gasteiger partial charge on any atom is -0.399 e. The number of nitrogen functional groups attached to an aromatic ring is 2. The molecule has 3 heterocycles. The van der Waals surface area contributed by atoms with Gasteiger partial charge in [0.15, 0.2) is 0 Å². The molecule has 0 fully saturated rings. The van der Waals surface area contributed by atoms with Gasteiger partial charge in [0, 0.05) is 47.3 Å². The molecule has 0 amide bonds. The monoisotopic (exact) mass is 418 g/mol. The molecular weight excluding hydrogens is 396 g/mol. The number of nitrogens with two attached hydrogens (primary N) is 2. The van der Waals surface area contributed by atoms with Crippen molar-refractivity contribution >= 4 is 34.4 Å². The molecule has 6 heteroatoms. The minimum atomic E-state index is 0.717. The molecule has 4 aromatic rings. The molecule has 0 saturated carbocycles. The van der Waals surface area contributed by atoms with E-state index >= 15 is 0 Å². The van der Waals surface area contributed by atoms with E-state index in [2.05, 4.69) is 32.2 Å². The Bertz CT molecular complexity index is 1160. The van der Waals surface area contributed by atoms with Crippen LogP contribution in [0.3, 0.4) is 0 Å². The van der Waals surface area contributed by atoms with E-state index in [1.54, 1.807) is 12.4 Å². The molecule has 1 aliphatic rings. The Morgan fingerprint density at radius 2 is 0.906 bits per heavy atom. The lowest BCUT2D eigenvalue weighted by atomic mass is 10.1. The second-order valence-corrected chi connectivity index (χ2v) is 7.39. The zero-order chi connectivity index (χ0) is 21.9. The van der Waals surface area contributed by atoms with Crippen molar-refractivity contribution in [3.8, 4) is 0 Å². The average molecular weight is 419 g/mol. The van der Waals surface area contributed by atoms with Crippen molar-refractivity contribution in [1.82, 2.24) is 9.97 Å². The summed E-state index contributed by atoms with van der Waals surface area (Å²) in [6.45, 7) is 0. The fourth-order valence-corrected chi connectivity index (χ4v) is 3.61. The van der Waals surface area contributed by atoms with Crippen LogP contribution < -0.4 is 21.3 Å². The fraction of sp³-hybridized carbons (Fsp3) is 0. The van der Waals surface area contributed by atoms with Crippen LogP contribution in [0, 0.1) is 0 Å². The van der Waals surface area contributed by atoms with Crippen LogP contribution in [0.1, 0.15) is 11.1 Å². The largest absolute Gasteiger partial charge is 0.399 e. The molecule has 4 N–H and O–H groups in total. The van der Waals surface area contributed by atoms with Gasteiger partial charge in [0.1, 0.15) is 11.6 Å². The van der Waals surface area contributed by atoms with Crippen LogP contribution in [0.2, 0.25) is 0 Å². The lowest BCUT2D eigenvalue weighted by molar-refractivity contribution is 1.11. The molecule has 0 aliphatic carbocycles. The summed E-state index contributed by atoms with van der Waals surface area (Å²) in [5, 5.41) is 0. The molecule has 0 saturated heterocycles.